The minimum atomic E-state index is -0.822. The molecule has 7 heteroatoms. The molecule has 0 fully saturated rings. The van der Waals surface area contributed by atoms with Crippen LogP contribution in [0.1, 0.15) is 34.6 Å². The second-order valence-electron chi connectivity index (χ2n) is 5.28. The lowest BCUT2D eigenvalue weighted by Gasteiger charge is -2.32. The number of hydrogen-bond donors (Lipinski definition) is 0. The molecule has 0 aliphatic rings. The van der Waals surface area contributed by atoms with Crippen LogP contribution in [0.15, 0.2) is 18.3 Å². The highest BCUT2D eigenvalue weighted by atomic mass is 16.6. The van der Waals surface area contributed by atoms with Crippen LogP contribution in [-0.4, -0.2) is 38.9 Å². The summed E-state index contributed by atoms with van der Waals surface area (Å²) in [6.07, 6.45) is 0.490. The van der Waals surface area contributed by atoms with E-state index in [0.29, 0.717) is 0 Å². The molecule has 0 aliphatic heterocycles. The molecule has 0 radical (unpaired) electrons. The van der Waals surface area contributed by atoms with Crippen LogP contribution in [0.2, 0.25) is 0 Å². The summed E-state index contributed by atoms with van der Waals surface area (Å²) < 4.78 is 5.45. The van der Waals surface area contributed by atoms with E-state index < -0.39 is 16.8 Å². The predicted molar refractivity (Wildman–Crippen MR) is 78.1 cm³/mol. The van der Waals surface area contributed by atoms with Gasteiger partial charge in [0.1, 0.15) is 6.20 Å². The second-order valence-corrected chi connectivity index (χ2v) is 5.28. The molecule has 0 aromatic carbocycles. The molecule has 1 heterocycles. The van der Waals surface area contributed by atoms with Gasteiger partial charge < -0.3 is 19.8 Å². The van der Waals surface area contributed by atoms with Crippen molar-refractivity contribution in [3.63, 3.8) is 0 Å². The lowest BCUT2D eigenvalue weighted by molar-refractivity contribution is -0.390. The van der Waals surface area contributed by atoms with Crippen molar-refractivity contribution in [2.45, 2.75) is 52.8 Å². The molecule has 0 spiro atoms. The molecule has 1 amide bonds. The fourth-order valence-electron chi connectivity index (χ4n) is 2.17. The topological polar surface area (TPSA) is 85.6 Å². The zero-order valence-electron chi connectivity index (χ0n) is 12.9. The van der Waals surface area contributed by atoms with E-state index in [2.05, 4.69) is 4.98 Å². The van der Waals surface area contributed by atoms with E-state index >= 15 is 0 Å². The van der Waals surface area contributed by atoms with Crippen LogP contribution in [0.4, 0.5) is 5.82 Å². The number of carbonyl (C=O) groups excluding carboxylic acids is 1. The Balaban J connectivity index is 2.93. The molecule has 116 valence electrons. The summed E-state index contributed by atoms with van der Waals surface area (Å²) in [7, 11) is 0. The van der Waals surface area contributed by atoms with Gasteiger partial charge in [-0.05, 0) is 56.7 Å². The third kappa shape index (κ3) is 4.14. The van der Waals surface area contributed by atoms with Crippen molar-refractivity contribution in [3.05, 3.63) is 28.4 Å². The minimum absolute atomic E-state index is 0.00388. The van der Waals surface area contributed by atoms with Crippen LogP contribution in [-0.2, 0) is 4.79 Å². The molecule has 1 rings (SSSR count). The Morgan fingerprint density at radius 1 is 1.29 bits per heavy atom. The molecule has 21 heavy (non-hydrogen) atoms. The Morgan fingerprint density at radius 3 is 2.33 bits per heavy atom. The summed E-state index contributed by atoms with van der Waals surface area (Å²) in [6.45, 7) is 9.24. The zero-order chi connectivity index (χ0) is 16.2. The maximum Gasteiger partial charge on any atom is 0.406 e. The predicted octanol–water partition coefficient (Wildman–Crippen LogP) is 2.40. The third-order valence-corrected chi connectivity index (χ3v) is 2.94. The fraction of sp³-hybridized carbons (Fsp3) is 0.571. The number of rotatable bonds is 6. The average Bonchev–Trinajstić information content (AvgIpc) is 2.37. The Kier molecular flexibility index (Phi) is 5.63. The summed E-state index contributed by atoms with van der Waals surface area (Å²) in [5.74, 6) is -0.605. The van der Waals surface area contributed by atoms with Crippen molar-refractivity contribution in [1.82, 2.24) is 9.88 Å². The van der Waals surface area contributed by atoms with E-state index in [0.717, 1.165) is 0 Å². The van der Waals surface area contributed by atoms with Gasteiger partial charge in [0.25, 0.3) is 5.91 Å². The van der Waals surface area contributed by atoms with Crippen molar-refractivity contribution in [3.8, 4) is 5.75 Å². The quantitative estimate of drug-likeness (QED) is 0.594. The first-order chi connectivity index (χ1) is 9.75. The molecular weight excluding hydrogens is 274 g/mol. The third-order valence-electron chi connectivity index (χ3n) is 2.94. The SMILES string of the molecule is CC(Oc1cccnc1[N+](=O)[O-])C(=O)N(C(C)C)C(C)C. The van der Waals surface area contributed by atoms with Gasteiger partial charge in [0, 0.05) is 12.1 Å². The smallest absolute Gasteiger partial charge is 0.406 e. The van der Waals surface area contributed by atoms with Gasteiger partial charge in [-0.1, -0.05) is 0 Å². The second kappa shape index (κ2) is 7.01. The number of nitrogens with zero attached hydrogens (tertiary/aromatic N) is 3. The molecule has 0 saturated carbocycles. The maximum atomic E-state index is 12.4. The first-order valence-electron chi connectivity index (χ1n) is 6.84. The molecule has 0 N–H and O–H groups in total. The molecule has 1 aromatic rings. The standard InChI is InChI=1S/C14H21N3O4/c1-9(2)16(10(3)4)14(18)11(5)21-12-7-6-8-15-13(12)17(19)20/h6-11H,1-5H3. The zero-order valence-corrected chi connectivity index (χ0v) is 12.9. The molecular formula is C14H21N3O4. The fourth-order valence-corrected chi connectivity index (χ4v) is 2.17. The lowest BCUT2D eigenvalue weighted by Crippen LogP contribution is -2.48. The van der Waals surface area contributed by atoms with Crippen molar-refractivity contribution in [2.24, 2.45) is 0 Å². The first kappa shape index (κ1) is 16.9. The van der Waals surface area contributed by atoms with E-state index in [4.69, 9.17) is 4.74 Å². The number of nitro groups is 1. The molecule has 1 unspecified atom stereocenters. The Morgan fingerprint density at radius 2 is 1.86 bits per heavy atom. The number of carbonyl (C=O) groups is 1. The van der Waals surface area contributed by atoms with Gasteiger partial charge >= 0.3 is 5.82 Å². The Labute approximate surface area is 124 Å². The van der Waals surface area contributed by atoms with E-state index in [1.165, 1.54) is 18.3 Å². The lowest BCUT2D eigenvalue weighted by atomic mass is 10.2. The van der Waals surface area contributed by atoms with Crippen LogP contribution in [0, 0.1) is 10.1 Å². The van der Waals surface area contributed by atoms with Crippen molar-refractivity contribution < 1.29 is 14.5 Å². The van der Waals surface area contributed by atoms with Crippen LogP contribution in [0.5, 0.6) is 5.75 Å². The minimum Gasteiger partial charge on any atom is -0.473 e. The number of amides is 1. The molecule has 1 aromatic heterocycles. The van der Waals surface area contributed by atoms with Gasteiger partial charge in [0.15, 0.2) is 6.10 Å². The van der Waals surface area contributed by atoms with E-state index in [1.54, 1.807) is 11.8 Å². The number of pyridine rings is 1. The normalized spacial score (nSPS) is 12.3. The number of ether oxygens (including phenoxy) is 1. The highest BCUT2D eigenvalue weighted by Crippen LogP contribution is 2.24. The summed E-state index contributed by atoms with van der Waals surface area (Å²) in [6, 6.07) is 3.01. The van der Waals surface area contributed by atoms with E-state index in [9.17, 15) is 14.9 Å². The van der Waals surface area contributed by atoms with Crippen molar-refractivity contribution in [2.75, 3.05) is 0 Å². The molecule has 1 atom stereocenters. The summed E-state index contributed by atoms with van der Waals surface area (Å²) in [5, 5.41) is 10.9. The Hall–Kier alpha value is -2.18. The molecule has 0 saturated heterocycles. The number of aromatic nitrogens is 1. The van der Waals surface area contributed by atoms with Gasteiger partial charge in [-0.2, -0.15) is 0 Å². The van der Waals surface area contributed by atoms with Crippen LogP contribution in [0.3, 0.4) is 0 Å². The molecule has 7 nitrogen and oxygen atoms in total. The number of hydrogen-bond acceptors (Lipinski definition) is 5. The highest BCUT2D eigenvalue weighted by Gasteiger charge is 2.28. The molecule has 0 bridgehead atoms. The monoisotopic (exact) mass is 295 g/mol. The average molecular weight is 295 g/mol. The van der Waals surface area contributed by atoms with E-state index in [-0.39, 0.29) is 23.7 Å². The van der Waals surface area contributed by atoms with Crippen molar-refractivity contribution in [1.29, 1.82) is 0 Å². The molecule has 0 aliphatic carbocycles. The highest BCUT2D eigenvalue weighted by molar-refractivity contribution is 5.81. The van der Waals surface area contributed by atoms with Crippen LogP contribution >= 0.6 is 0 Å². The van der Waals surface area contributed by atoms with Crippen LogP contribution < -0.4 is 4.74 Å². The van der Waals surface area contributed by atoms with Gasteiger partial charge in [0.2, 0.25) is 5.75 Å². The summed E-state index contributed by atoms with van der Waals surface area (Å²) in [5.41, 5.74) is 0. The van der Waals surface area contributed by atoms with Gasteiger partial charge in [-0.3, -0.25) is 4.79 Å². The van der Waals surface area contributed by atoms with Crippen LogP contribution in [0.25, 0.3) is 0 Å². The maximum absolute atomic E-state index is 12.4. The summed E-state index contributed by atoms with van der Waals surface area (Å²) in [4.78, 5) is 28.0. The first-order valence-corrected chi connectivity index (χ1v) is 6.84. The van der Waals surface area contributed by atoms with Gasteiger partial charge in [-0.15, -0.1) is 0 Å². The van der Waals surface area contributed by atoms with E-state index in [1.807, 2.05) is 27.7 Å². The van der Waals surface area contributed by atoms with Gasteiger partial charge in [0.05, 0.1) is 0 Å². The van der Waals surface area contributed by atoms with Gasteiger partial charge in [-0.25, -0.2) is 0 Å². The summed E-state index contributed by atoms with van der Waals surface area (Å²) >= 11 is 0. The van der Waals surface area contributed by atoms with Crippen molar-refractivity contribution >= 4 is 11.7 Å². The largest absolute Gasteiger partial charge is 0.473 e. The Bertz CT molecular complexity index is 509.